The van der Waals surface area contributed by atoms with Gasteiger partial charge >= 0.3 is 12.1 Å². The van der Waals surface area contributed by atoms with Crippen LogP contribution in [0, 0.1) is 5.82 Å². The van der Waals surface area contributed by atoms with Gasteiger partial charge in [-0.1, -0.05) is 15.9 Å². The number of carbonyl (C=O) groups excluding carboxylic acids is 1. The highest BCUT2D eigenvalue weighted by Crippen LogP contribution is 2.37. The highest BCUT2D eigenvalue weighted by Gasteiger charge is 2.62. The molecule has 0 aromatic heterocycles. The predicted octanol–water partition coefficient (Wildman–Crippen LogP) is 3.90. The van der Waals surface area contributed by atoms with Gasteiger partial charge in [-0.25, -0.2) is 4.39 Å². The minimum absolute atomic E-state index is 0.139. The van der Waals surface area contributed by atoms with Crippen LogP contribution in [0.15, 0.2) is 22.7 Å². The van der Waals surface area contributed by atoms with Gasteiger partial charge in [-0.3, -0.25) is 4.79 Å². The third-order valence-electron chi connectivity index (χ3n) is 1.99. The van der Waals surface area contributed by atoms with Crippen molar-refractivity contribution in [1.29, 1.82) is 0 Å². The van der Waals surface area contributed by atoms with Gasteiger partial charge in [0, 0.05) is 10.9 Å². The number of carbonyl (C=O) groups is 1. The molecule has 0 bridgehead atoms. The maximum Gasteiger partial charge on any atom is 0.461 e. The Bertz CT molecular complexity index is 448. The number of halogens is 7. The molecule has 0 fully saturated rings. The van der Waals surface area contributed by atoms with Gasteiger partial charge in [0.15, 0.2) is 0 Å². The molecule has 100 valence electrons. The number of rotatable bonds is 3. The number of benzene rings is 1. The van der Waals surface area contributed by atoms with E-state index in [9.17, 15) is 31.1 Å². The van der Waals surface area contributed by atoms with Crippen molar-refractivity contribution in [2.45, 2.75) is 18.5 Å². The van der Waals surface area contributed by atoms with Crippen molar-refractivity contribution in [3.63, 3.8) is 0 Å². The second-order valence-electron chi connectivity index (χ2n) is 3.45. The van der Waals surface area contributed by atoms with Gasteiger partial charge in [-0.2, -0.15) is 22.0 Å². The molecule has 0 amide bonds. The van der Waals surface area contributed by atoms with E-state index in [4.69, 9.17) is 0 Å². The molecule has 1 aromatic carbocycles. The van der Waals surface area contributed by atoms with Crippen LogP contribution in [0.25, 0.3) is 0 Å². The highest BCUT2D eigenvalue weighted by atomic mass is 79.9. The molecular formula is C10H5BrF6O. The number of Topliss-reactive ketones (excluding diaryl/α,β-unsaturated/α-hetero) is 1. The molecule has 0 N–H and O–H groups in total. The van der Waals surface area contributed by atoms with Crippen molar-refractivity contribution in [1.82, 2.24) is 0 Å². The molecule has 0 aliphatic rings. The van der Waals surface area contributed by atoms with Gasteiger partial charge in [0.25, 0.3) is 0 Å². The Morgan fingerprint density at radius 3 is 2.11 bits per heavy atom. The van der Waals surface area contributed by atoms with Gasteiger partial charge in [-0.05, 0) is 23.8 Å². The van der Waals surface area contributed by atoms with E-state index in [1.54, 1.807) is 0 Å². The Kier molecular flexibility index (Phi) is 4.09. The molecule has 1 nitrogen and oxygen atoms in total. The zero-order valence-corrected chi connectivity index (χ0v) is 10.1. The van der Waals surface area contributed by atoms with E-state index in [1.165, 1.54) is 0 Å². The van der Waals surface area contributed by atoms with E-state index in [-0.39, 0.29) is 10.0 Å². The molecule has 0 aliphatic carbocycles. The molecule has 0 unspecified atom stereocenters. The zero-order valence-electron chi connectivity index (χ0n) is 8.49. The fourth-order valence-corrected chi connectivity index (χ4v) is 1.68. The van der Waals surface area contributed by atoms with Crippen LogP contribution in [0.2, 0.25) is 0 Å². The second-order valence-corrected chi connectivity index (χ2v) is 4.37. The lowest BCUT2D eigenvalue weighted by Crippen LogP contribution is -2.44. The minimum atomic E-state index is -5.95. The van der Waals surface area contributed by atoms with Gasteiger partial charge < -0.3 is 0 Å². The number of hydrogen-bond donors (Lipinski definition) is 0. The lowest BCUT2D eigenvalue weighted by Gasteiger charge is -2.18. The SMILES string of the molecule is O=C(Cc1cc(F)cc(Br)c1)C(F)(F)C(F)(F)F. The maximum absolute atomic E-state index is 12.9. The van der Waals surface area contributed by atoms with Crippen LogP contribution in [0.5, 0.6) is 0 Å². The van der Waals surface area contributed by atoms with E-state index in [1.807, 2.05) is 0 Å². The van der Waals surface area contributed by atoms with E-state index in [0.29, 0.717) is 0 Å². The highest BCUT2D eigenvalue weighted by molar-refractivity contribution is 9.10. The lowest BCUT2D eigenvalue weighted by atomic mass is 10.0. The second kappa shape index (κ2) is 4.91. The summed E-state index contributed by atoms with van der Waals surface area (Å²) in [5, 5.41) is 0. The van der Waals surface area contributed by atoms with Crippen molar-refractivity contribution >= 4 is 21.7 Å². The van der Waals surface area contributed by atoms with Gasteiger partial charge in [0.2, 0.25) is 5.78 Å². The van der Waals surface area contributed by atoms with Crippen molar-refractivity contribution in [3.8, 4) is 0 Å². The van der Waals surface area contributed by atoms with Crippen LogP contribution in [0.3, 0.4) is 0 Å². The van der Waals surface area contributed by atoms with Crippen molar-refractivity contribution in [3.05, 3.63) is 34.1 Å². The molecular weight excluding hydrogens is 330 g/mol. The van der Waals surface area contributed by atoms with Gasteiger partial charge in [-0.15, -0.1) is 0 Å². The summed E-state index contributed by atoms with van der Waals surface area (Å²) in [4.78, 5) is 10.9. The molecule has 0 saturated carbocycles. The molecule has 0 saturated heterocycles. The van der Waals surface area contributed by atoms with E-state index >= 15 is 0 Å². The minimum Gasteiger partial charge on any atom is -0.292 e. The Morgan fingerprint density at radius 1 is 1.11 bits per heavy atom. The third-order valence-corrected chi connectivity index (χ3v) is 2.45. The molecule has 0 heterocycles. The van der Waals surface area contributed by atoms with Crippen LogP contribution in [0.4, 0.5) is 26.3 Å². The maximum atomic E-state index is 12.9. The fraction of sp³-hybridized carbons (Fsp3) is 0.300. The number of alkyl halides is 5. The van der Waals surface area contributed by atoms with Crippen LogP contribution in [-0.4, -0.2) is 17.9 Å². The van der Waals surface area contributed by atoms with Crippen molar-refractivity contribution in [2.24, 2.45) is 0 Å². The largest absolute Gasteiger partial charge is 0.461 e. The van der Waals surface area contributed by atoms with Crippen molar-refractivity contribution < 1.29 is 31.1 Å². The molecule has 0 radical (unpaired) electrons. The summed E-state index contributed by atoms with van der Waals surface area (Å²) in [6.07, 6.45) is -7.16. The molecule has 0 aliphatic heterocycles. The molecule has 0 atom stereocenters. The normalized spacial score (nSPS) is 12.6. The van der Waals surface area contributed by atoms with Crippen LogP contribution < -0.4 is 0 Å². The smallest absolute Gasteiger partial charge is 0.292 e. The topological polar surface area (TPSA) is 17.1 Å². The quantitative estimate of drug-likeness (QED) is 0.766. The third kappa shape index (κ3) is 3.24. The van der Waals surface area contributed by atoms with Gasteiger partial charge in [0.05, 0.1) is 0 Å². The average Bonchev–Trinajstić information content (AvgIpc) is 2.13. The summed E-state index contributed by atoms with van der Waals surface area (Å²) in [6, 6.07) is 2.79. The van der Waals surface area contributed by atoms with E-state index in [2.05, 4.69) is 15.9 Å². The van der Waals surface area contributed by atoms with Gasteiger partial charge in [0.1, 0.15) is 5.82 Å². The Morgan fingerprint density at radius 2 is 1.67 bits per heavy atom. The van der Waals surface area contributed by atoms with E-state index < -0.39 is 30.1 Å². The Hall–Kier alpha value is -1.05. The fourth-order valence-electron chi connectivity index (χ4n) is 1.17. The van der Waals surface area contributed by atoms with Crippen LogP contribution >= 0.6 is 15.9 Å². The monoisotopic (exact) mass is 334 g/mol. The Balaban J connectivity index is 2.95. The first-order chi connectivity index (χ1) is 8.04. The lowest BCUT2D eigenvalue weighted by molar-refractivity contribution is -0.268. The first-order valence-electron chi connectivity index (χ1n) is 4.47. The predicted molar refractivity (Wildman–Crippen MR) is 53.8 cm³/mol. The molecule has 18 heavy (non-hydrogen) atoms. The standard InChI is InChI=1S/C10H5BrF6O/c11-6-1-5(2-7(12)4-6)3-8(18)9(13,14)10(15,16)17/h1-2,4H,3H2. The number of ketones is 1. The summed E-state index contributed by atoms with van der Waals surface area (Å²) in [6.45, 7) is 0. The molecule has 8 heteroatoms. The molecule has 1 rings (SSSR count). The summed E-state index contributed by atoms with van der Waals surface area (Å²) < 4.78 is 73.9. The number of hydrogen-bond acceptors (Lipinski definition) is 1. The summed E-state index contributed by atoms with van der Waals surface area (Å²) >= 11 is 2.83. The molecule has 1 aromatic rings. The first kappa shape index (κ1) is 15.0. The van der Waals surface area contributed by atoms with Crippen LogP contribution in [0.1, 0.15) is 5.56 Å². The van der Waals surface area contributed by atoms with Crippen molar-refractivity contribution in [2.75, 3.05) is 0 Å². The zero-order chi connectivity index (χ0) is 14.1. The summed E-state index contributed by atoms with van der Waals surface area (Å²) in [5.41, 5.74) is -0.268. The summed E-state index contributed by atoms with van der Waals surface area (Å²) in [7, 11) is 0. The average molecular weight is 335 g/mol. The van der Waals surface area contributed by atoms with Crippen LogP contribution in [-0.2, 0) is 11.2 Å². The Labute approximate surface area is 106 Å². The summed E-state index contributed by atoms with van der Waals surface area (Å²) in [5.74, 6) is -8.61. The first-order valence-corrected chi connectivity index (χ1v) is 5.26. The van der Waals surface area contributed by atoms with E-state index in [0.717, 1.165) is 18.2 Å². The molecule has 0 spiro atoms.